The van der Waals surface area contributed by atoms with Crippen molar-refractivity contribution in [3.8, 4) is 6.07 Å². The highest BCUT2D eigenvalue weighted by Gasteiger charge is 2.35. The number of methoxy groups -OCH3 is 1. The van der Waals surface area contributed by atoms with E-state index in [4.69, 9.17) is 10.00 Å². The Bertz CT molecular complexity index is 447. The minimum absolute atomic E-state index is 0.112. The van der Waals surface area contributed by atoms with Crippen molar-refractivity contribution in [1.29, 1.82) is 5.26 Å². The average molecular weight is 260 g/mol. The van der Waals surface area contributed by atoms with Gasteiger partial charge in [-0.2, -0.15) is 5.26 Å². The summed E-state index contributed by atoms with van der Waals surface area (Å²) in [5, 5.41) is 8.74. The van der Waals surface area contributed by atoms with Crippen molar-refractivity contribution >= 4 is 11.6 Å². The van der Waals surface area contributed by atoms with E-state index in [9.17, 15) is 4.79 Å². The second-order valence-corrected chi connectivity index (χ2v) is 4.49. The van der Waals surface area contributed by atoms with E-state index in [1.165, 1.54) is 7.11 Å². The summed E-state index contributed by atoms with van der Waals surface area (Å²) in [4.78, 5) is 14.2. The number of carbonyl (C=O) groups is 1. The predicted octanol–water partition coefficient (Wildman–Crippen LogP) is 2.75. The SMILES string of the molecule is CCC(C)(OC)C(=O)N(CCC#N)c1ccccc1. The second kappa shape index (κ2) is 6.91. The lowest BCUT2D eigenvalue weighted by atomic mass is 10.0. The summed E-state index contributed by atoms with van der Waals surface area (Å²) in [6.45, 7) is 4.06. The van der Waals surface area contributed by atoms with Gasteiger partial charge in [-0.25, -0.2) is 0 Å². The Labute approximate surface area is 114 Å². The molecule has 1 aromatic carbocycles. The quantitative estimate of drug-likeness (QED) is 0.790. The lowest BCUT2D eigenvalue weighted by molar-refractivity contribution is -0.138. The Balaban J connectivity index is 3.05. The van der Waals surface area contributed by atoms with E-state index in [2.05, 4.69) is 6.07 Å². The minimum Gasteiger partial charge on any atom is -0.369 e. The number of hydrogen-bond acceptors (Lipinski definition) is 3. The van der Waals surface area contributed by atoms with Crippen LogP contribution in [0.15, 0.2) is 30.3 Å². The van der Waals surface area contributed by atoms with Crippen LogP contribution in [-0.4, -0.2) is 25.2 Å². The van der Waals surface area contributed by atoms with Gasteiger partial charge in [0, 0.05) is 19.3 Å². The third kappa shape index (κ3) is 3.55. The number of anilines is 1. The van der Waals surface area contributed by atoms with Crippen LogP contribution in [0.25, 0.3) is 0 Å². The number of para-hydroxylation sites is 1. The van der Waals surface area contributed by atoms with Crippen molar-refractivity contribution < 1.29 is 9.53 Å². The summed E-state index contributed by atoms with van der Waals surface area (Å²) < 4.78 is 5.36. The van der Waals surface area contributed by atoms with E-state index in [1.54, 1.807) is 11.8 Å². The fraction of sp³-hybridized carbons (Fsp3) is 0.467. The standard InChI is InChI=1S/C15H20N2O2/c1-4-15(2,19-3)14(18)17(12-8-11-16)13-9-6-5-7-10-13/h5-7,9-10H,4,8,12H2,1-3H3. The second-order valence-electron chi connectivity index (χ2n) is 4.49. The van der Waals surface area contributed by atoms with Gasteiger partial charge in [-0.15, -0.1) is 0 Å². The minimum atomic E-state index is -0.856. The maximum Gasteiger partial charge on any atom is 0.258 e. The normalized spacial score (nSPS) is 13.4. The summed E-state index contributed by atoms with van der Waals surface area (Å²) in [6.07, 6.45) is 0.877. The van der Waals surface area contributed by atoms with E-state index < -0.39 is 5.60 Å². The van der Waals surface area contributed by atoms with Crippen LogP contribution in [-0.2, 0) is 9.53 Å². The zero-order chi connectivity index (χ0) is 14.3. The van der Waals surface area contributed by atoms with E-state index >= 15 is 0 Å². The summed E-state index contributed by atoms with van der Waals surface area (Å²) >= 11 is 0. The topological polar surface area (TPSA) is 53.3 Å². The molecule has 4 nitrogen and oxygen atoms in total. The molecule has 102 valence electrons. The fourth-order valence-electron chi connectivity index (χ4n) is 1.79. The zero-order valence-electron chi connectivity index (χ0n) is 11.7. The fourth-order valence-corrected chi connectivity index (χ4v) is 1.79. The van der Waals surface area contributed by atoms with Crippen LogP contribution in [0.4, 0.5) is 5.69 Å². The molecule has 1 atom stereocenters. The molecule has 1 rings (SSSR count). The van der Waals surface area contributed by atoms with Crippen molar-refractivity contribution in [3.05, 3.63) is 30.3 Å². The summed E-state index contributed by atoms with van der Waals surface area (Å²) in [5.74, 6) is -0.112. The highest BCUT2D eigenvalue weighted by atomic mass is 16.5. The number of hydrogen-bond donors (Lipinski definition) is 0. The molecule has 1 amide bonds. The first kappa shape index (κ1) is 15.2. The predicted molar refractivity (Wildman–Crippen MR) is 74.7 cm³/mol. The van der Waals surface area contributed by atoms with Gasteiger partial charge in [-0.1, -0.05) is 25.1 Å². The molecule has 0 aliphatic heterocycles. The molecule has 0 heterocycles. The van der Waals surface area contributed by atoms with Gasteiger partial charge in [0.2, 0.25) is 0 Å². The molecule has 0 saturated heterocycles. The number of carbonyl (C=O) groups excluding carboxylic acids is 1. The maximum absolute atomic E-state index is 12.6. The lowest BCUT2D eigenvalue weighted by Crippen LogP contribution is -2.48. The average Bonchev–Trinajstić information content (AvgIpc) is 2.47. The molecule has 0 spiro atoms. The van der Waals surface area contributed by atoms with Gasteiger partial charge < -0.3 is 9.64 Å². The van der Waals surface area contributed by atoms with Crippen LogP contribution in [0.2, 0.25) is 0 Å². The number of nitriles is 1. The molecule has 0 bridgehead atoms. The van der Waals surface area contributed by atoms with Crippen LogP contribution in [0.5, 0.6) is 0 Å². The van der Waals surface area contributed by atoms with Gasteiger partial charge in [0.15, 0.2) is 0 Å². The molecule has 1 unspecified atom stereocenters. The molecule has 1 aromatic rings. The molecular formula is C15H20N2O2. The van der Waals surface area contributed by atoms with Crippen molar-refractivity contribution in [2.45, 2.75) is 32.3 Å². The zero-order valence-corrected chi connectivity index (χ0v) is 11.7. The first-order valence-corrected chi connectivity index (χ1v) is 6.38. The molecule has 0 fully saturated rings. The summed E-state index contributed by atoms with van der Waals surface area (Å²) in [6, 6.07) is 11.4. The smallest absolute Gasteiger partial charge is 0.258 e. The molecule has 0 saturated carbocycles. The van der Waals surface area contributed by atoms with Crippen LogP contribution < -0.4 is 4.90 Å². The number of nitrogens with zero attached hydrogens (tertiary/aromatic N) is 2. The van der Waals surface area contributed by atoms with E-state index in [1.807, 2.05) is 37.3 Å². The van der Waals surface area contributed by atoms with Crippen LogP contribution in [0.1, 0.15) is 26.7 Å². The number of rotatable bonds is 6. The molecule has 0 aromatic heterocycles. The molecule has 19 heavy (non-hydrogen) atoms. The molecule has 0 aliphatic rings. The lowest BCUT2D eigenvalue weighted by Gasteiger charge is -2.32. The number of ether oxygens (including phenoxy) is 1. The van der Waals surface area contributed by atoms with Crippen molar-refractivity contribution in [1.82, 2.24) is 0 Å². The summed E-state index contributed by atoms with van der Waals surface area (Å²) in [5.41, 5.74) is -0.0647. The maximum atomic E-state index is 12.6. The Morgan fingerprint density at radius 1 is 1.42 bits per heavy atom. The van der Waals surface area contributed by atoms with Crippen molar-refractivity contribution in [2.75, 3.05) is 18.6 Å². The molecule has 0 radical (unpaired) electrons. The molecular weight excluding hydrogens is 240 g/mol. The summed E-state index contributed by atoms with van der Waals surface area (Å²) in [7, 11) is 1.54. The number of amides is 1. The van der Waals surface area contributed by atoms with E-state index in [-0.39, 0.29) is 5.91 Å². The Kier molecular flexibility index (Phi) is 5.53. The first-order chi connectivity index (χ1) is 9.09. The van der Waals surface area contributed by atoms with Crippen molar-refractivity contribution in [2.24, 2.45) is 0 Å². The molecule has 0 N–H and O–H groups in total. The van der Waals surface area contributed by atoms with Crippen LogP contribution in [0, 0.1) is 11.3 Å². The highest BCUT2D eigenvalue weighted by Crippen LogP contribution is 2.23. The first-order valence-electron chi connectivity index (χ1n) is 6.38. The van der Waals surface area contributed by atoms with Gasteiger partial charge in [-0.3, -0.25) is 4.79 Å². The number of benzene rings is 1. The largest absolute Gasteiger partial charge is 0.369 e. The molecule has 0 aliphatic carbocycles. The van der Waals surface area contributed by atoms with Crippen LogP contribution in [0.3, 0.4) is 0 Å². The van der Waals surface area contributed by atoms with Crippen LogP contribution >= 0.6 is 0 Å². The Morgan fingerprint density at radius 3 is 2.53 bits per heavy atom. The van der Waals surface area contributed by atoms with Gasteiger partial charge >= 0.3 is 0 Å². The van der Waals surface area contributed by atoms with Crippen molar-refractivity contribution in [3.63, 3.8) is 0 Å². The highest BCUT2D eigenvalue weighted by molar-refractivity contribution is 5.99. The van der Waals surface area contributed by atoms with Gasteiger partial charge in [0.05, 0.1) is 12.5 Å². The Hall–Kier alpha value is -1.86. The van der Waals surface area contributed by atoms with E-state index in [0.29, 0.717) is 19.4 Å². The third-order valence-corrected chi connectivity index (χ3v) is 3.34. The third-order valence-electron chi connectivity index (χ3n) is 3.34. The van der Waals surface area contributed by atoms with Gasteiger partial charge in [-0.05, 0) is 25.5 Å². The van der Waals surface area contributed by atoms with E-state index in [0.717, 1.165) is 5.69 Å². The van der Waals surface area contributed by atoms with Gasteiger partial charge in [0.25, 0.3) is 5.91 Å². The monoisotopic (exact) mass is 260 g/mol. The molecule has 4 heteroatoms. The Morgan fingerprint density at radius 2 is 2.05 bits per heavy atom. The van der Waals surface area contributed by atoms with Gasteiger partial charge in [0.1, 0.15) is 5.60 Å².